The lowest BCUT2D eigenvalue weighted by molar-refractivity contribution is -0.123. The Morgan fingerprint density at radius 1 is 1.18 bits per heavy atom. The number of methoxy groups -OCH3 is 1. The van der Waals surface area contributed by atoms with Crippen LogP contribution in [-0.2, 0) is 4.79 Å². The molecule has 0 spiro atoms. The van der Waals surface area contributed by atoms with Crippen LogP contribution in [0, 0.1) is 12.7 Å². The quantitative estimate of drug-likeness (QED) is 0.542. The van der Waals surface area contributed by atoms with E-state index >= 15 is 0 Å². The van der Waals surface area contributed by atoms with Crippen molar-refractivity contribution in [2.45, 2.75) is 19.8 Å². The Bertz CT molecular complexity index is 1290. The molecule has 2 aromatic carbocycles. The van der Waals surface area contributed by atoms with Gasteiger partial charge < -0.3 is 14.2 Å². The molecule has 34 heavy (non-hydrogen) atoms. The first-order valence-electron chi connectivity index (χ1n) is 11.3. The first kappa shape index (κ1) is 21.9. The van der Waals surface area contributed by atoms with Crippen LogP contribution in [0.15, 0.2) is 65.7 Å². The number of rotatable bonds is 5. The minimum atomic E-state index is -0.263. The van der Waals surface area contributed by atoms with Gasteiger partial charge in [0.05, 0.1) is 24.8 Å². The molecule has 3 aromatic rings. The Kier molecular flexibility index (Phi) is 5.65. The maximum Gasteiger partial charge on any atom is 0.279 e. The number of guanidine groups is 1. The highest BCUT2D eigenvalue weighted by Gasteiger charge is 2.39. The second-order valence-corrected chi connectivity index (χ2v) is 8.50. The molecule has 1 amide bonds. The van der Waals surface area contributed by atoms with Crippen LogP contribution < -0.4 is 4.74 Å². The summed E-state index contributed by atoms with van der Waals surface area (Å²) in [5, 5.41) is 0. The fourth-order valence-electron chi connectivity index (χ4n) is 4.50. The van der Waals surface area contributed by atoms with Crippen molar-refractivity contribution in [1.29, 1.82) is 0 Å². The van der Waals surface area contributed by atoms with Gasteiger partial charge in [-0.05, 0) is 55.3 Å². The molecule has 3 heterocycles. The van der Waals surface area contributed by atoms with E-state index in [-0.39, 0.29) is 17.6 Å². The molecule has 8 heteroatoms. The molecule has 1 aromatic heterocycles. The number of aromatic nitrogens is 2. The number of halogens is 1. The number of carbonyl (C=O) groups is 1. The number of aryl methyl sites for hydroxylation is 1. The average Bonchev–Trinajstić information content (AvgIpc) is 3.42. The molecule has 1 fully saturated rings. The van der Waals surface area contributed by atoms with Crippen molar-refractivity contribution in [3.8, 4) is 11.4 Å². The molecule has 0 N–H and O–H groups in total. The maximum absolute atomic E-state index is 13.4. The van der Waals surface area contributed by atoms with Crippen LogP contribution in [0.4, 0.5) is 4.39 Å². The summed E-state index contributed by atoms with van der Waals surface area (Å²) in [5.74, 6) is 1.04. The molecule has 5 rings (SSSR count). The highest BCUT2D eigenvalue weighted by molar-refractivity contribution is 6.14. The second kappa shape index (κ2) is 8.78. The number of nitrogens with zero attached hydrogens (tertiary/aromatic N) is 5. The van der Waals surface area contributed by atoms with Gasteiger partial charge in [0.2, 0.25) is 5.96 Å². The maximum atomic E-state index is 13.4. The number of aliphatic imine (C=N–C) groups is 1. The van der Waals surface area contributed by atoms with Gasteiger partial charge in [0.15, 0.2) is 0 Å². The van der Waals surface area contributed by atoms with E-state index in [0.717, 1.165) is 35.6 Å². The normalized spacial score (nSPS) is 18.9. The van der Waals surface area contributed by atoms with Crippen molar-refractivity contribution in [1.82, 2.24) is 19.4 Å². The fourth-order valence-corrected chi connectivity index (χ4v) is 4.50. The fraction of sp³-hybridized carbons (Fsp3) is 0.269. The number of benzene rings is 2. The summed E-state index contributed by atoms with van der Waals surface area (Å²) >= 11 is 0. The smallest absolute Gasteiger partial charge is 0.279 e. The molecule has 0 aliphatic carbocycles. The van der Waals surface area contributed by atoms with Crippen LogP contribution >= 0.6 is 0 Å². The van der Waals surface area contributed by atoms with E-state index in [1.807, 2.05) is 42.8 Å². The van der Waals surface area contributed by atoms with E-state index in [9.17, 15) is 9.18 Å². The van der Waals surface area contributed by atoms with E-state index in [0.29, 0.717) is 24.0 Å². The molecule has 0 radical (unpaired) electrons. The van der Waals surface area contributed by atoms with Gasteiger partial charge in [-0.25, -0.2) is 14.4 Å². The predicted molar refractivity (Wildman–Crippen MR) is 128 cm³/mol. The molecule has 1 saturated heterocycles. The minimum absolute atomic E-state index is 0.0841. The number of amides is 1. The van der Waals surface area contributed by atoms with Gasteiger partial charge in [0.25, 0.3) is 5.91 Å². The molecule has 2 aliphatic heterocycles. The minimum Gasteiger partial charge on any atom is -0.495 e. The second-order valence-electron chi connectivity index (χ2n) is 8.50. The summed E-state index contributed by atoms with van der Waals surface area (Å²) in [6.07, 6.45) is 5.46. The third-order valence-corrected chi connectivity index (χ3v) is 6.27. The van der Waals surface area contributed by atoms with Crippen molar-refractivity contribution in [2.75, 3.05) is 26.7 Å². The predicted octanol–water partition coefficient (Wildman–Crippen LogP) is 3.99. The van der Waals surface area contributed by atoms with E-state index in [2.05, 4.69) is 14.9 Å². The van der Waals surface area contributed by atoms with Crippen molar-refractivity contribution >= 4 is 17.9 Å². The van der Waals surface area contributed by atoms with Crippen LogP contribution in [0.25, 0.3) is 11.8 Å². The van der Waals surface area contributed by atoms with Gasteiger partial charge in [-0.15, -0.1) is 0 Å². The van der Waals surface area contributed by atoms with Crippen LogP contribution in [0.3, 0.4) is 0 Å². The average molecular weight is 460 g/mol. The highest BCUT2D eigenvalue weighted by Crippen LogP contribution is 2.31. The number of carbonyl (C=O) groups excluding carboxylic acids is 1. The third-order valence-electron chi connectivity index (χ3n) is 6.27. The molecule has 1 unspecified atom stereocenters. The zero-order valence-corrected chi connectivity index (χ0v) is 19.4. The van der Waals surface area contributed by atoms with Gasteiger partial charge in [0.1, 0.15) is 17.3 Å². The number of hydrogen-bond donors (Lipinski definition) is 0. The Labute approximate surface area is 197 Å². The lowest BCUT2D eigenvalue weighted by atomic mass is 9.96. The van der Waals surface area contributed by atoms with Gasteiger partial charge in [-0.2, -0.15) is 0 Å². The van der Waals surface area contributed by atoms with Crippen LogP contribution in [0.1, 0.15) is 29.7 Å². The summed E-state index contributed by atoms with van der Waals surface area (Å²) < 4.78 is 20.9. The molecular weight excluding hydrogens is 433 g/mol. The van der Waals surface area contributed by atoms with Crippen LogP contribution in [0.2, 0.25) is 0 Å². The zero-order chi connectivity index (χ0) is 23.8. The first-order valence-corrected chi connectivity index (χ1v) is 11.3. The van der Waals surface area contributed by atoms with Crippen molar-refractivity contribution in [3.63, 3.8) is 0 Å². The number of imidazole rings is 1. The van der Waals surface area contributed by atoms with Crippen LogP contribution in [-0.4, -0.2) is 58.0 Å². The molecule has 1 atom stereocenters. The molecule has 2 aliphatic rings. The van der Waals surface area contributed by atoms with Crippen molar-refractivity contribution in [3.05, 3.63) is 83.3 Å². The summed E-state index contributed by atoms with van der Waals surface area (Å²) in [6.45, 7) is 5.94. The lowest BCUT2D eigenvalue weighted by Crippen LogP contribution is -2.52. The molecule has 174 valence electrons. The monoisotopic (exact) mass is 459 g/mol. The van der Waals surface area contributed by atoms with Crippen LogP contribution in [0.5, 0.6) is 5.75 Å². The van der Waals surface area contributed by atoms with Crippen molar-refractivity contribution < 1.29 is 13.9 Å². The summed E-state index contributed by atoms with van der Waals surface area (Å²) in [7, 11) is 1.62. The summed E-state index contributed by atoms with van der Waals surface area (Å²) in [5.41, 5.74) is 4.01. The van der Waals surface area contributed by atoms with Gasteiger partial charge in [-0.1, -0.05) is 18.2 Å². The van der Waals surface area contributed by atoms with E-state index < -0.39 is 0 Å². The van der Waals surface area contributed by atoms with Gasteiger partial charge >= 0.3 is 0 Å². The van der Waals surface area contributed by atoms with Gasteiger partial charge in [0, 0.05) is 31.7 Å². The summed E-state index contributed by atoms with van der Waals surface area (Å²) in [4.78, 5) is 26.1. The third kappa shape index (κ3) is 3.96. The molecule has 0 bridgehead atoms. The van der Waals surface area contributed by atoms with E-state index in [4.69, 9.17) is 4.74 Å². The zero-order valence-electron chi connectivity index (χ0n) is 19.4. The Hall–Kier alpha value is -3.94. The number of fused-ring (bicyclic) bond motifs is 1. The molecule has 7 nitrogen and oxygen atoms in total. The van der Waals surface area contributed by atoms with Gasteiger partial charge in [-0.3, -0.25) is 9.69 Å². The topological polar surface area (TPSA) is 63.0 Å². The molecular formula is C26H26FN5O2. The largest absolute Gasteiger partial charge is 0.495 e. The van der Waals surface area contributed by atoms with E-state index in [1.165, 1.54) is 12.1 Å². The lowest BCUT2D eigenvalue weighted by Gasteiger charge is -2.39. The Balaban J connectivity index is 1.43. The van der Waals surface area contributed by atoms with Crippen molar-refractivity contribution in [2.24, 2.45) is 4.99 Å². The number of hydrogen-bond acceptors (Lipinski definition) is 5. The SMILES string of the molecule is CCN1CC(c2ccc(F)cc2)CN2C(=O)/C(=C/c3ccc(-n4cnc(C)c4)c(OC)c3)N=C12. The summed E-state index contributed by atoms with van der Waals surface area (Å²) in [6, 6.07) is 12.3. The number of ether oxygens (including phenoxy) is 1. The highest BCUT2D eigenvalue weighted by atomic mass is 19.1. The first-order chi connectivity index (χ1) is 16.5. The Morgan fingerprint density at radius 3 is 2.65 bits per heavy atom. The molecule has 0 saturated carbocycles. The number of likely N-dealkylation sites (N-methyl/N-ethyl adjacent to an activating group) is 1. The Morgan fingerprint density at radius 2 is 1.97 bits per heavy atom. The van der Waals surface area contributed by atoms with E-state index in [1.54, 1.807) is 36.5 Å². The standard InChI is InChI=1S/C26H26FN5O2/c1-4-30-14-20(19-6-8-21(27)9-7-19)15-32-25(33)22(29-26(30)32)11-18-5-10-23(24(12-18)34-3)31-13-17(2)28-16-31/h5-13,16,20H,4,14-15H2,1-3H3/b22-11-.